The molecule has 1 aromatic carbocycles. The summed E-state index contributed by atoms with van der Waals surface area (Å²) in [6, 6.07) is 9.12. The Balaban J connectivity index is 3.07. The van der Waals surface area contributed by atoms with E-state index in [-0.39, 0.29) is 19.3 Å². The molecule has 0 heterocycles. The quantitative estimate of drug-likeness (QED) is 0.533. The van der Waals surface area contributed by atoms with Gasteiger partial charge in [-0.05, 0) is 24.8 Å². The number of sulfone groups is 1. The van der Waals surface area contributed by atoms with Crippen LogP contribution in [0.1, 0.15) is 52.9 Å². The molecule has 0 radical (unpaired) electrons. The third-order valence-electron chi connectivity index (χ3n) is 4.34. The molecule has 0 saturated heterocycles. The smallest absolute Gasteiger partial charge is 0.246 e. The molecule has 0 spiro atoms. The van der Waals surface area contributed by atoms with Gasteiger partial charge in [0.15, 0.2) is 21.2 Å². The monoisotopic (exact) mass is 383 g/mol. The molecule has 0 unspecified atom stereocenters. The van der Waals surface area contributed by atoms with Crippen molar-refractivity contribution in [1.82, 2.24) is 0 Å². The minimum Gasteiger partial charge on any atom is -0.368 e. The number of amides is 1. The zero-order valence-corrected chi connectivity index (χ0v) is 16.3. The van der Waals surface area contributed by atoms with Gasteiger partial charge in [0.2, 0.25) is 5.91 Å². The summed E-state index contributed by atoms with van der Waals surface area (Å²) in [7, 11) is -4.16. The van der Waals surface area contributed by atoms with Gasteiger partial charge in [-0.15, -0.1) is 0 Å². The first-order chi connectivity index (χ1) is 12.5. The van der Waals surface area contributed by atoms with Crippen LogP contribution in [0.2, 0.25) is 0 Å². The number of nitrogens with two attached hydrogens (primary N) is 2. The van der Waals surface area contributed by atoms with Crippen molar-refractivity contribution < 1.29 is 19.4 Å². The summed E-state index contributed by atoms with van der Waals surface area (Å²) in [6.45, 7) is 3.56. The van der Waals surface area contributed by atoms with Crippen LogP contribution in [0.5, 0.6) is 0 Å². The molecular weight excluding hydrogens is 352 g/mol. The van der Waals surface area contributed by atoms with Crippen LogP contribution in [-0.4, -0.2) is 36.6 Å². The van der Waals surface area contributed by atoms with Gasteiger partial charge in [-0.25, -0.2) is 8.42 Å². The van der Waals surface area contributed by atoms with Crippen LogP contribution in [-0.2, 0) is 25.8 Å². The van der Waals surface area contributed by atoms with Crippen LogP contribution in [0, 0.1) is 0 Å². The Kier molecular flexibility index (Phi) is 7.78. The van der Waals surface area contributed by atoms with Gasteiger partial charge in [0.05, 0.1) is 11.0 Å². The largest absolute Gasteiger partial charge is 0.368 e. The first-order valence-electron chi connectivity index (χ1n) is 9.40. The Morgan fingerprint density at radius 2 is 1.69 bits per heavy atom. The fourth-order valence-electron chi connectivity index (χ4n) is 2.81. The van der Waals surface area contributed by atoms with Crippen LogP contribution in [0.3, 0.4) is 0 Å². The summed E-state index contributed by atoms with van der Waals surface area (Å²) in [5, 5.41) is -1.78. The molecule has 0 aromatic heterocycles. The summed E-state index contributed by atoms with van der Waals surface area (Å²) in [5.74, 6) is -2.84. The summed E-state index contributed by atoms with van der Waals surface area (Å²) in [5.41, 5.74) is 9.80. The highest BCUT2D eigenvalue weighted by atomic mass is 32.2. The maximum atomic E-state index is 12.9. The molecule has 4 N–H and O–H groups in total. The predicted octanol–water partition coefficient (Wildman–Crippen LogP) is 1.75. The van der Waals surface area contributed by atoms with Crippen LogP contribution in [0.15, 0.2) is 30.3 Å². The topological polar surface area (TPSA) is 120 Å². The van der Waals surface area contributed by atoms with Crippen LogP contribution in [0.4, 0.5) is 0 Å². The molecule has 0 fully saturated rings. The molecule has 0 bridgehead atoms. The Morgan fingerprint density at radius 3 is 2.15 bits per heavy atom. The molecule has 7 heteroatoms. The van der Waals surface area contributed by atoms with E-state index in [2.05, 4.69) is 0 Å². The number of carbonyl (C=O) groups is 2. The fraction of sp³-hybridized carbons (Fsp3) is 0.579. The number of Topliss-reactive ketones (excluding diaryl/α,β-unsaturated/α-hetero) is 1. The molecule has 0 saturated carbocycles. The van der Waals surface area contributed by atoms with E-state index in [1.165, 1.54) is 0 Å². The van der Waals surface area contributed by atoms with Crippen molar-refractivity contribution in [2.24, 2.45) is 11.5 Å². The number of rotatable bonds is 12. The van der Waals surface area contributed by atoms with E-state index in [1.54, 1.807) is 13.8 Å². The Labute approximate surface area is 157 Å². The van der Waals surface area contributed by atoms with Gasteiger partial charge < -0.3 is 11.5 Å². The second-order valence-corrected chi connectivity index (χ2v) is 8.64. The molecule has 6 nitrogen and oxygen atoms in total. The standard InChI is InChI=1S/C19H30N2O4S/c1-3-8-16(9-4-2)26(24,25)14-19(21,18(20)23)17(22)13-12-15-10-6-5-7-11-15/h5-7,10-11,16H,3-4,8-9,12-14,21H2,1-2H3,(H2,20,23)/t19-/m1/s1/i16D. The van der Waals surface area contributed by atoms with E-state index in [9.17, 15) is 18.0 Å². The van der Waals surface area contributed by atoms with Gasteiger partial charge >= 0.3 is 0 Å². The van der Waals surface area contributed by atoms with Crippen molar-refractivity contribution in [3.8, 4) is 0 Å². The van der Waals surface area contributed by atoms with Gasteiger partial charge in [-0.3, -0.25) is 9.59 Å². The highest BCUT2D eigenvalue weighted by Crippen LogP contribution is 2.21. The summed E-state index contributed by atoms with van der Waals surface area (Å²) >= 11 is 0. The lowest BCUT2D eigenvalue weighted by atomic mass is 9.92. The second kappa shape index (κ2) is 9.83. The summed E-state index contributed by atoms with van der Waals surface area (Å²) < 4.78 is 34.2. The average molecular weight is 384 g/mol. The number of carbonyl (C=O) groups excluding carboxylic acids is 2. The average Bonchev–Trinajstić information content (AvgIpc) is 2.60. The molecule has 1 atom stereocenters. The Hall–Kier alpha value is -1.73. The second-order valence-electron chi connectivity index (χ2n) is 6.54. The lowest BCUT2D eigenvalue weighted by Gasteiger charge is -2.27. The lowest BCUT2D eigenvalue weighted by molar-refractivity contribution is -0.133. The molecule has 1 rings (SSSR count). The maximum Gasteiger partial charge on any atom is 0.246 e. The summed E-state index contributed by atoms with van der Waals surface area (Å²) in [6.07, 6.45) is 1.40. The Morgan fingerprint density at radius 1 is 1.15 bits per heavy atom. The van der Waals surface area contributed by atoms with Crippen LogP contribution >= 0.6 is 0 Å². The van der Waals surface area contributed by atoms with Crippen molar-refractivity contribution in [2.75, 3.05) is 5.75 Å². The third kappa shape index (κ3) is 5.92. The van der Waals surface area contributed by atoms with Crippen molar-refractivity contribution in [2.45, 2.75) is 63.1 Å². The van der Waals surface area contributed by atoms with E-state index in [0.717, 1.165) is 5.56 Å². The third-order valence-corrected chi connectivity index (χ3v) is 6.46. The van der Waals surface area contributed by atoms with Crippen molar-refractivity contribution in [3.05, 3.63) is 35.9 Å². The van der Waals surface area contributed by atoms with Gasteiger partial charge in [-0.1, -0.05) is 57.0 Å². The molecule has 0 aliphatic heterocycles. The van der Waals surface area contributed by atoms with Gasteiger partial charge in [0.25, 0.3) is 0 Å². The minimum absolute atomic E-state index is 0.106. The fourth-order valence-corrected chi connectivity index (χ4v) is 4.95. The molecule has 0 aliphatic carbocycles. The van der Waals surface area contributed by atoms with Gasteiger partial charge in [0.1, 0.15) is 0 Å². The number of hydrogen-bond acceptors (Lipinski definition) is 5. The highest BCUT2D eigenvalue weighted by Gasteiger charge is 2.45. The normalized spacial score (nSPS) is 15.1. The van der Waals surface area contributed by atoms with Crippen LogP contribution in [0.25, 0.3) is 0 Å². The van der Waals surface area contributed by atoms with Gasteiger partial charge in [-0.2, -0.15) is 0 Å². The lowest BCUT2D eigenvalue weighted by Crippen LogP contribution is -2.63. The molecular formula is C19H30N2O4S. The van der Waals surface area contributed by atoms with E-state index < -0.39 is 38.0 Å². The Bertz CT molecular complexity index is 746. The van der Waals surface area contributed by atoms with Crippen LogP contribution < -0.4 is 11.5 Å². The molecule has 26 heavy (non-hydrogen) atoms. The summed E-state index contributed by atoms with van der Waals surface area (Å²) in [4.78, 5) is 24.6. The number of benzene rings is 1. The van der Waals surface area contributed by atoms with Gasteiger partial charge in [0, 0.05) is 7.79 Å². The molecule has 1 amide bonds. The zero-order valence-electron chi connectivity index (χ0n) is 16.5. The highest BCUT2D eigenvalue weighted by molar-refractivity contribution is 7.92. The SMILES string of the molecule is [2H]C(CCC)(CCC)S(=O)(=O)C[C@](N)(C(N)=O)C(=O)CCc1ccccc1. The zero-order chi connectivity index (χ0) is 20.7. The van der Waals surface area contributed by atoms with Crippen molar-refractivity contribution >= 4 is 21.5 Å². The number of hydrogen-bond donors (Lipinski definition) is 2. The first kappa shape index (κ1) is 20.6. The van der Waals surface area contributed by atoms with E-state index in [0.29, 0.717) is 19.3 Å². The van der Waals surface area contributed by atoms with E-state index in [4.69, 9.17) is 12.8 Å². The number of ketones is 1. The molecule has 0 aliphatic rings. The number of aryl methyl sites for hydroxylation is 1. The molecule has 1 aromatic rings. The molecule has 146 valence electrons. The number of primary amides is 1. The maximum absolute atomic E-state index is 12.9. The van der Waals surface area contributed by atoms with E-state index in [1.807, 2.05) is 30.3 Å². The minimum atomic E-state index is -4.16. The van der Waals surface area contributed by atoms with E-state index >= 15 is 0 Å². The first-order valence-corrected chi connectivity index (χ1v) is 10.6. The van der Waals surface area contributed by atoms with Crippen molar-refractivity contribution in [1.29, 1.82) is 0 Å². The predicted molar refractivity (Wildman–Crippen MR) is 103 cm³/mol. The van der Waals surface area contributed by atoms with Crippen molar-refractivity contribution in [3.63, 3.8) is 0 Å².